The fourth-order valence-electron chi connectivity index (χ4n) is 3.83. The van der Waals surface area contributed by atoms with Crippen LogP contribution < -0.4 is 16.6 Å². The monoisotopic (exact) mass is 492 g/mol. The van der Waals surface area contributed by atoms with Crippen LogP contribution in [0, 0.1) is 17.0 Å². The highest BCUT2D eigenvalue weighted by Crippen LogP contribution is 2.18. The number of hydrogen-bond donors (Lipinski definition) is 1. The van der Waals surface area contributed by atoms with Gasteiger partial charge in [0.05, 0.1) is 17.0 Å². The molecule has 0 saturated heterocycles. The maximum absolute atomic E-state index is 13.2. The maximum atomic E-state index is 13.2. The van der Waals surface area contributed by atoms with Crippen LogP contribution in [0.25, 0.3) is 10.2 Å². The number of thiophene rings is 1. The van der Waals surface area contributed by atoms with E-state index in [0.717, 1.165) is 15.7 Å². The Morgan fingerprint density at radius 3 is 2.57 bits per heavy atom. The summed E-state index contributed by atoms with van der Waals surface area (Å²) in [7, 11) is 0. The third-order valence-corrected chi connectivity index (χ3v) is 6.59. The first-order chi connectivity index (χ1) is 16.8. The van der Waals surface area contributed by atoms with Gasteiger partial charge in [-0.05, 0) is 35.9 Å². The van der Waals surface area contributed by atoms with Gasteiger partial charge < -0.3 is 5.32 Å². The number of nitrogens with zero attached hydrogens (tertiary/aromatic N) is 3. The Morgan fingerprint density at radius 1 is 1.06 bits per heavy atom. The molecule has 0 aliphatic heterocycles. The summed E-state index contributed by atoms with van der Waals surface area (Å²) in [6.07, 6.45) is 0.494. The molecule has 0 saturated carbocycles. The van der Waals surface area contributed by atoms with E-state index in [9.17, 15) is 24.5 Å². The number of aromatic nitrogens is 2. The van der Waals surface area contributed by atoms with E-state index in [1.807, 2.05) is 31.2 Å². The molecule has 0 fully saturated rings. The van der Waals surface area contributed by atoms with Gasteiger partial charge in [0.2, 0.25) is 5.91 Å². The number of fused-ring (bicyclic) bond motifs is 1. The lowest BCUT2D eigenvalue weighted by Crippen LogP contribution is -2.40. The van der Waals surface area contributed by atoms with Crippen molar-refractivity contribution in [1.82, 2.24) is 14.5 Å². The molecule has 0 aliphatic carbocycles. The minimum atomic E-state index is -0.507. The van der Waals surface area contributed by atoms with Crippen molar-refractivity contribution in [3.8, 4) is 0 Å². The Bertz CT molecular complexity index is 1500. The molecule has 0 bridgehead atoms. The van der Waals surface area contributed by atoms with Crippen molar-refractivity contribution in [1.29, 1.82) is 0 Å². The molecule has 2 aromatic heterocycles. The highest BCUT2D eigenvalue weighted by atomic mass is 32.1. The largest absolute Gasteiger partial charge is 0.352 e. The average Bonchev–Trinajstić information content (AvgIpc) is 3.34. The molecule has 35 heavy (non-hydrogen) atoms. The Kier molecular flexibility index (Phi) is 7.21. The second kappa shape index (κ2) is 10.5. The topological polar surface area (TPSA) is 116 Å². The Hall–Kier alpha value is -4.05. The summed E-state index contributed by atoms with van der Waals surface area (Å²) < 4.78 is 3.02. The van der Waals surface area contributed by atoms with Gasteiger partial charge in [0.25, 0.3) is 11.2 Å². The van der Waals surface area contributed by atoms with Crippen LogP contribution in [0.2, 0.25) is 0 Å². The second-order valence-corrected chi connectivity index (χ2v) is 9.17. The van der Waals surface area contributed by atoms with Crippen LogP contribution in [0.15, 0.2) is 69.6 Å². The van der Waals surface area contributed by atoms with Crippen LogP contribution in [0.5, 0.6) is 0 Å². The molecule has 1 amide bonds. The van der Waals surface area contributed by atoms with E-state index >= 15 is 0 Å². The van der Waals surface area contributed by atoms with Crippen LogP contribution in [-0.4, -0.2) is 20.0 Å². The Labute approximate surface area is 204 Å². The fourth-order valence-corrected chi connectivity index (χ4v) is 4.67. The number of amides is 1. The van der Waals surface area contributed by atoms with Crippen LogP contribution in [-0.2, 0) is 24.4 Å². The predicted octanol–water partition coefficient (Wildman–Crippen LogP) is 3.59. The molecule has 2 heterocycles. The molecule has 0 atom stereocenters. The van der Waals surface area contributed by atoms with Crippen LogP contribution >= 0.6 is 11.3 Å². The van der Waals surface area contributed by atoms with Gasteiger partial charge >= 0.3 is 5.69 Å². The van der Waals surface area contributed by atoms with Crippen molar-refractivity contribution in [2.24, 2.45) is 0 Å². The van der Waals surface area contributed by atoms with E-state index in [1.54, 1.807) is 23.6 Å². The lowest BCUT2D eigenvalue weighted by molar-refractivity contribution is -0.384. The summed E-state index contributed by atoms with van der Waals surface area (Å²) in [5.74, 6) is -0.159. The molecule has 2 aromatic carbocycles. The molecule has 4 aromatic rings. The number of benzene rings is 2. The molecule has 10 heteroatoms. The first-order valence-electron chi connectivity index (χ1n) is 11.1. The van der Waals surface area contributed by atoms with Crippen molar-refractivity contribution in [3.63, 3.8) is 0 Å². The quantitative estimate of drug-likeness (QED) is 0.283. The molecular formula is C25H24N4O5S. The molecule has 1 N–H and O–H groups in total. The van der Waals surface area contributed by atoms with Gasteiger partial charge in [-0.25, -0.2) is 4.79 Å². The van der Waals surface area contributed by atoms with Gasteiger partial charge in [0, 0.05) is 31.6 Å². The number of rotatable bonds is 9. The summed E-state index contributed by atoms with van der Waals surface area (Å²) in [5.41, 5.74) is 2.24. The fraction of sp³-hybridized carbons (Fsp3) is 0.240. The predicted molar refractivity (Wildman–Crippen MR) is 135 cm³/mol. The summed E-state index contributed by atoms with van der Waals surface area (Å²) in [6.45, 7) is 2.59. The third kappa shape index (κ3) is 5.55. The van der Waals surface area contributed by atoms with Crippen LogP contribution in [0.3, 0.4) is 0 Å². The maximum Gasteiger partial charge on any atom is 0.331 e. The van der Waals surface area contributed by atoms with E-state index < -0.39 is 16.2 Å². The summed E-state index contributed by atoms with van der Waals surface area (Å²) >= 11 is 1.24. The molecule has 0 aliphatic rings. The number of hydrogen-bond acceptors (Lipinski definition) is 6. The minimum Gasteiger partial charge on any atom is -0.352 e. The molecule has 180 valence electrons. The van der Waals surface area contributed by atoms with E-state index in [2.05, 4.69) is 5.32 Å². The number of nitrogens with one attached hydrogen (secondary N) is 1. The van der Waals surface area contributed by atoms with Gasteiger partial charge in [-0.3, -0.25) is 28.8 Å². The highest BCUT2D eigenvalue weighted by molar-refractivity contribution is 7.17. The average molecular weight is 493 g/mol. The van der Waals surface area contributed by atoms with Crippen molar-refractivity contribution < 1.29 is 9.72 Å². The first-order valence-corrected chi connectivity index (χ1v) is 12.0. The number of carbonyl (C=O) groups excluding carboxylic acids is 1. The lowest BCUT2D eigenvalue weighted by atomic mass is 10.1. The summed E-state index contributed by atoms with van der Waals surface area (Å²) in [6, 6.07) is 15.6. The first kappa shape index (κ1) is 24.1. The van der Waals surface area contributed by atoms with Gasteiger partial charge in [0.15, 0.2) is 0 Å². The third-order valence-electron chi connectivity index (χ3n) is 5.69. The zero-order chi connectivity index (χ0) is 24.9. The number of non-ortho nitro benzene ring substituents is 1. The molecular weight excluding hydrogens is 468 g/mol. The van der Waals surface area contributed by atoms with Crippen molar-refractivity contribution >= 4 is 33.1 Å². The van der Waals surface area contributed by atoms with E-state index in [0.29, 0.717) is 28.7 Å². The number of aryl methyl sites for hydroxylation is 1. The van der Waals surface area contributed by atoms with Gasteiger partial charge in [-0.2, -0.15) is 0 Å². The highest BCUT2D eigenvalue weighted by Gasteiger charge is 2.16. The Balaban J connectivity index is 1.49. The standard InChI is InChI=1S/C25H24N4O5S/c1-17-7-9-18(10-8-17)15-26-22(30)6-3-12-27-24(31)23-21(11-13-35-23)28(25(27)32)16-19-4-2-5-20(14-19)29(33)34/h2,4-5,7-11,13-14H,3,6,12,15-16H2,1H3,(H,26,30). The van der Waals surface area contributed by atoms with Gasteiger partial charge in [-0.15, -0.1) is 11.3 Å². The second-order valence-electron chi connectivity index (χ2n) is 8.25. The number of nitro benzene ring substituents is 1. The molecule has 0 radical (unpaired) electrons. The van der Waals surface area contributed by atoms with Crippen molar-refractivity contribution in [2.45, 2.75) is 39.4 Å². The zero-order valence-electron chi connectivity index (χ0n) is 19.1. The van der Waals surface area contributed by atoms with Gasteiger partial charge in [-0.1, -0.05) is 42.0 Å². The lowest BCUT2D eigenvalue weighted by Gasteiger charge is -2.12. The summed E-state index contributed by atoms with van der Waals surface area (Å²) in [4.78, 5) is 49.1. The van der Waals surface area contributed by atoms with E-state index in [4.69, 9.17) is 0 Å². The minimum absolute atomic E-state index is 0.0675. The van der Waals surface area contributed by atoms with Crippen LogP contribution in [0.1, 0.15) is 29.5 Å². The molecule has 4 rings (SSSR count). The summed E-state index contributed by atoms with van der Waals surface area (Å²) in [5, 5.41) is 15.7. The normalized spacial score (nSPS) is 11.0. The smallest absolute Gasteiger partial charge is 0.331 e. The number of nitro groups is 1. The SMILES string of the molecule is Cc1ccc(CNC(=O)CCCn2c(=O)c3sccc3n(Cc3cccc([N+](=O)[O-])c3)c2=O)cc1. The number of carbonyl (C=O) groups is 1. The van der Waals surface area contributed by atoms with Crippen molar-refractivity contribution in [2.75, 3.05) is 0 Å². The molecule has 0 unspecified atom stereocenters. The zero-order valence-corrected chi connectivity index (χ0v) is 19.9. The molecule has 0 spiro atoms. The van der Waals surface area contributed by atoms with Crippen molar-refractivity contribution in [3.05, 3.63) is 108 Å². The van der Waals surface area contributed by atoms with E-state index in [1.165, 1.54) is 28.0 Å². The van der Waals surface area contributed by atoms with Crippen LogP contribution in [0.4, 0.5) is 5.69 Å². The van der Waals surface area contributed by atoms with Gasteiger partial charge in [0.1, 0.15) is 4.70 Å². The molecule has 9 nitrogen and oxygen atoms in total. The Morgan fingerprint density at radius 2 is 1.83 bits per heavy atom. The van der Waals surface area contributed by atoms with E-state index in [-0.39, 0.29) is 31.1 Å².